The van der Waals surface area contributed by atoms with Crippen molar-refractivity contribution < 1.29 is 17.9 Å². The first-order chi connectivity index (χ1) is 11.2. The Morgan fingerprint density at radius 1 is 0.870 bits per heavy atom. The van der Waals surface area contributed by atoms with Crippen LogP contribution in [0.4, 0.5) is 0 Å². The van der Waals surface area contributed by atoms with Crippen LogP contribution in [0.2, 0.25) is 0 Å². The molecule has 124 valence electrons. The Labute approximate surface area is 141 Å². The summed E-state index contributed by atoms with van der Waals surface area (Å²) in [6, 6.07) is 7.26. The van der Waals surface area contributed by atoms with E-state index in [2.05, 4.69) is 12.2 Å². The first-order valence-corrected chi connectivity index (χ1v) is 10.7. The van der Waals surface area contributed by atoms with Crippen LogP contribution in [0.15, 0.2) is 46.2 Å². The van der Waals surface area contributed by atoms with E-state index in [1.54, 1.807) is 12.1 Å². The van der Waals surface area contributed by atoms with Crippen LogP contribution in [-0.4, -0.2) is 37.9 Å². The van der Waals surface area contributed by atoms with E-state index in [0.29, 0.717) is 9.79 Å². The molecule has 1 aliphatic carbocycles. The first kappa shape index (κ1) is 15.7. The molecule has 0 amide bonds. The third kappa shape index (κ3) is 2.97. The van der Waals surface area contributed by atoms with Gasteiger partial charge in [-0.15, -0.1) is 0 Å². The lowest BCUT2D eigenvalue weighted by Gasteiger charge is -2.25. The molecule has 0 N–H and O–H groups in total. The van der Waals surface area contributed by atoms with Gasteiger partial charge in [-0.05, 0) is 37.8 Å². The van der Waals surface area contributed by atoms with Gasteiger partial charge in [0.05, 0.1) is 55.1 Å². The summed E-state index contributed by atoms with van der Waals surface area (Å²) in [5, 5.41) is 0. The van der Waals surface area contributed by atoms with Crippen molar-refractivity contribution in [1.82, 2.24) is 0 Å². The van der Waals surface area contributed by atoms with Crippen molar-refractivity contribution in [3.05, 3.63) is 36.4 Å². The molecule has 0 aromatic heterocycles. The molecule has 1 fully saturated rings. The fourth-order valence-electron chi connectivity index (χ4n) is 3.54. The average molecular weight is 352 g/mol. The van der Waals surface area contributed by atoms with Crippen molar-refractivity contribution >= 4 is 21.6 Å². The monoisotopic (exact) mass is 352 g/mol. The molecular weight excluding hydrogens is 332 g/mol. The van der Waals surface area contributed by atoms with Gasteiger partial charge in [0.1, 0.15) is 0 Å². The predicted octanol–water partition coefficient (Wildman–Crippen LogP) is 2.53. The highest BCUT2D eigenvalue weighted by molar-refractivity contribution is 7.89. The standard InChI is InChI=1S/C17H20O4S2/c18-22-11-17(12-23(19)16-10-6-5-9-15(16)22)20-13-7-3-1-2-4-8-14(13)21-17/h1-2,5-6,9-10,13-14H,3-4,7-8,11-12H2/b2-1+/t13-,14+,22-,23-/m1/s1. The Kier molecular flexibility index (Phi) is 4.26. The third-order valence-electron chi connectivity index (χ3n) is 4.59. The van der Waals surface area contributed by atoms with Gasteiger partial charge in [-0.25, -0.2) is 0 Å². The van der Waals surface area contributed by atoms with Crippen LogP contribution in [0.3, 0.4) is 0 Å². The summed E-state index contributed by atoms with van der Waals surface area (Å²) in [6.07, 6.45) is 8.11. The van der Waals surface area contributed by atoms with Gasteiger partial charge in [-0.2, -0.15) is 0 Å². The topological polar surface area (TPSA) is 52.6 Å². The number of fused-ring (bicyclic) bond motifs is 2. The molecule has 0 bridgehead atoms. The number of hydrogen-bond donors (Lipinski definition) is 0. The van der Waals surface area contributed by atoms with Gasteiger partial charge in [-0.1, -0.05) is 24.3 Å². The lowest BCUT2D eigenvalue weighted by Crippen LogP contribution is -2.41. The smallest absolute Gasteiger partial charge is 0.192 e. The average Bonchev–Trinajstić information content (AvgIpc) is 2.79. The number of hydrogen-bond acceptors (Lipinski definition) is 4. The second-order valence-electron chi connectivity index (χ2n) is 6.28. The predicted molar refractivity (Wildman–Crippen MR) is 89.1 cm³/mol. The highest BCUT2D eigenvalue weighted by Crippen LogP contribution is 2.39. The van der Waals surface area contributed by atoms with Crippen LogP contribution in [0.25, 0.3) is 0 Å². The molecule has 1 aromatic rings. The van der Waals surface area contributed by atoms with E-state index < -0.39 is 27.4 Å². The van der Waals surface area contributed by atoms with Gasteiger partial charge in [0.15, 0.2) is 5.79 Å². The maximum Gasteiger partial charge on any atom is 0.192 e. The molecular formula is C17H20O4S2. The first-order valence-electron chi connectivity index (χ1n) is 8.03. The van der Waals surface area contributed by atoms with E-state index in [4.69, 9.17) is 9.47 Å². The maximum atomic E-state index is 12.8. The summed E-state index contributed by atoms with van der Waals surface area (Å²) in [5.74, 6) is -0.458. The van der Waals surface area contributed by atoms with Gasteiger partial charge < -0.3 is 9.47 Å². The summed E-state index contributed by atoms with van der Waals surface area (Å²) in [4.78, 5) is 1.31. The molecule has 2 heterocycles. The Bertz CT molecular complexity index is 628. The van der Waals surface area contributed by atoms with Gasteiger partial charge in [-0.3, -0.25) is 8.42 Å². The van der Waals surface area contributed by atoms with Crippen molar-refractivity contribution in [2.75, 3.05) is 11.5 Å². The van der Waals surface area contributed by atoms with Crippen LogP contribution in [0.1, 0.15) is 25.7 Å². The minimum absolute atomic E-state index is 0.00941. The Morgan fingerprint density at radius 2 is 1.35 bits per heavy atom. The van der Waals surface area contributed by atoms with Crippen LogP contribution >= 0.6 is 0 Å². The molecule has 4 atom stereocenters. The van der Waals surface area contributed by atoms with Crippen molar-refractivity contribution in [2.45, 2.75) is 53.5 Å². The van der Waals surface area contributed by atoms with E-state index >= 15 is 0 Å². The molecule has 1 aromatic carbocycles. The molecule has 4 nitrogen and oxygen atoms in total. The maximum absolute atomic E-state index is 12.8. The lowest BCUT2D eigenvalue weighted by atomic mass is 10.0. The largest absolute Gasteiger partial charge is 0.342 e. The number of allylic oxidation sites excluding steroid dienone is 2. The summed E-state index contributed by atoms with van der Waals surface area (Å²) < 4.78 is 38.0. The van der Waals surface area contributed by atoms with E-state index in [1.807, 2.05) is 12.1 Å². The summed E-state index contributed by atoms with van der Waals surface area (Å²) in [6.45, 7) is 0. The second kappa shape index (κ2) is 6.24. The SMILES string of the molecule is O=[S@@]1CC2(C[S@@](=O)c3ccccc31)O[C@H]1CC/C=C/CC[C@H]1O2. The molecule has 3 aliphatic rings. The molecule has 4 rings (SSSR count). The zero-order valence-corrected chi connectivity index (χ0v) is 14.4. The lowest BCUT2D eigenvalue weighted by molar-refractivity contribution is -0.139. The van der Waals surface area contributed by atoms with Crippen molar-refractivity contribution in [3.8, 4) is 0 Å². The van der Waals surface area contributed by atoms with E-state index in [-0.39, 0.29) is 23.7 Å². The van der Waals surface area contributed by atoms with Crippen LogP contribution in [0.5, 0.6) is 0 Å². The normalized spacial score (nSPS) is 37.2. The summed E-state index contributed by atoms with van der Waals surface area (Å²) in [7, 11) is -2.53. The fraction of sp³-hybridized carbons (Fsp3) is 0.529. The van der Waals surface area contributed by atoms with Gasteiger partial charge in [0.25, 0.3) is 0 Å². The minimum Gasteiger partial charge on any atom is -0.342 e. The van der Waals surface area contributed by atoms with E-state index in [0.717, 1.165) is 25.7 Å². The molecule has 1 saturated heterocycles. The molecule has 6 heteroatoms. The van der Waals surface area contributed by atoms with Gasteiger partial charge in [0.2, 0.25) is 0 Å². The number of rotatable bonds is 0. The molecule has 2 aliphatic heterocycles. The van der Waals surface area contributed by atoms with Gasteiger partial charge in [0, 0.05) is 0 Å². The third-order valence-corrected chi connectivity index (χ3v) is 7.82. The number of benzene rings is 1. The molecule has 0 unspecified atom stereocenters. The zero-order chi connectivity index (χ0) is 15.9. The van der Waals surface area contributed by atoms with E-state index in [1.165, 1.54) is 0 Å². The Morgan fingerprint density at radius 3 is 1.83 bits per heavy atom. The highest BCUT2D eigenvalue weighted by Gasteiger charge is 2.51. The quantitative estimate of drug-likeness (QED) is 0.673. The Hall–Kier alpha value is -0.820. The van der Waals surface area contributed by atoms with E-state index in [9.17, 15) is 8.42 Å². The highest BCUT2D eigenvalue weighted by atomic mass is 32.2. The molecule has 23 heavy (non-hydrogen) atoms. The fourth-order valence-corrected chi connectivity index (χ4v) is 6.86. The number of ether oxygens (including phenoxy) is 2. The summed E-state index contributed by atoms with van der Waals surface area (Å²) >= 11 is 0. The Balaban J connectivity index is 1.64. The van der Waals surface area contributed by atoms with Gasteiger partial charge >= 0.3 is 0 Å². The van der Waals surface area contributed by atoms with Crippen molar-refractivity contribution in [3.63, 3.8) is 0 Å². The minimum atomic E-state index is -1.26. The molecule has 0 radical (unpaired) electrons. The van der Waals surface area contributed by atoms with Crippen LogP contribution < -0.4 is 0 Å². The molecule has 0 saturated carbocycles. The van der Waals surface area contributed by atoms with Crippen LogP contribution in [0, 0.1) is 0 Å². The second-order valence-corrected chi connectivity index (χ2v) is 9.11. The zero-order valence-electron chi connectivity index (χ0n) is 12.8. The van der Waals surface area contributed by atoms with Crippen molar-refractivity contribution in [2.24, 2.45) is 0 Å². The molecule has 1 spiro atoms. The van der Waals surface area contributed by atoms with Crippen LogP contribution in [-0.2, 0) is 31.1 Å². The summed E-state index contributed by atoms with van der Waals surface area (Å²) in [5.41, 5.74) is 0. The van der Waals surface area contributed by atoms with Crippen molar-refractivity contribution in [1.29, 1.82) is 0 Å².